The lowest BCUT2D eigenvalue weighted by Crippen LogP contribution is -2.43. The Hall–Kier alpha value is -0.120. The lowest BCUT2D eigenvalue weighted by molar-refractivity contribution is 0.0845. The van der Waals surface area contributed by atoms with E-state index in [4.69, 9.17) is 0 Å². The first-order valence-corrected chi connectivity index (χ1v) is 10.9. The molecule has 0 bridgehead atoms. The molecule has 3 nitrogen and oxygen atoms in total. The lowest BCUT2D eigenvalue weighted by atomic mass is 9.78. The number of likely N-dealkylation sites (tertiary alicyclic amines) is 3. The zero-order chi connectivity index (χ0) is 17.4. The van der Waals surface area contributed by atoms with Crippen LogP contribution in [0.1, 0.15) is 59.3 Å². The molecule has 0 atom stereocenters. The summed E-state index contributed by atoms with van der Waals surface area (Å²) in [5, 5.41) is 0. The largest absolute Gasteiger partial charge is 0.306 e. The molecule has 3 fully saturated rings. The number of rotatable bonds is 4. The Morgan fingerprint density at radius 2 is 1.12 bits per heavy atom. The van der Waals surface area contributed by atoms with Crippen molar-refractivity contribution in [2.45, 2.75) is 59.3 Å². The molecule has 24 heavy (non-hydrogen) atoms. The number of hydrogen-bond donors (Lipinski definition) is 0. The second-order valence-electron chi connectivity index (χ2n) is 8.16. The van der Waals surface area contributed by atoms with Crippen LogP contribution in [0.4, 0.5) is 0 Å². The van der Waals surface area contributed by atoms with Gasteiger partial charge in [0.05, 0.1) is 0 Å². The third-order valence-electron chi connectivity index (χ3n) is 6.73. The van der Waals surface area contributed by atoms with Crippen molar-refractivity contribution in [2.75, 3.05) is 59.4 Å². The monoisotopic (exact) mass is 337 g/mol. The van der Waals surface area contributed by atoms with Crippen LogP contribution < -0.4 is 0 Å². The lowest BCUT2D eigenvalue weighted by Gasteiger charge is -2.41. The maximum absolute atomic E-state index is 2.79. The zero-order valence-corrected chi connectivity index (χ0v) is 17.0. The SMILES string of the molecule is CC.CCN1CCC(CN2CCC(C3CCN(C)CC3)CC2)CC1. The highest BCUT2D eigenvalue weighted by atomic mass is 15.2. The Labute approximate surface area is 151 Å². The van der Waals surface area contributed by atoms with E-state index in [0.29, 0.717) is 0 Å². The van der Waals surface area contributed by atoms with Crippen LogP contribution >= 0.6 is 0 Å². The van der Waals surface area contributed by atoms with Gasteiger partial charge in [0.25, 0.3) is 0 Å². The van der Waals surface area contributed by atoms with Gasteiger partial charge in [0.1, 0.15) is 0 Å². The Balaban J connectivity index is 0.00000100. The van der Waals surface area contributed by atoms with Crippen molar-refractivity contribution in [1.82, 2.24) is 14.7 Å². The molecule has 3 aliphatic heterocycles. The standard InChI is InChI=1S/C19H37N3.C2H6/c1-3-21-12-4-17(5-13-21)16-22-14-8-19(9-15-22)18-6-10-20(2)11-7-18;1-2/h17-19H,3-16H2,1-2H3;1-2H3. The van der Waals surface area contributed by atoms with Crippen LogP contribution in [0.3, 0.4) is 0 Å². The molecule has 0 radical (unpaired) electrons. The first-order valence-electron chi connectivity index (χ1n) is 10.9. The minimum atomic E-state index is 0.975. The minimum absolute atomic E-state index is 0.975. The van der Waals surface area contributed by atoms with Crippen LogP contribution in [0.5, 0.6) is 0 Å². The van der Waals surface area contributed by atoms with Crippen LogP contribution in [0, 0.1) is 17.8 Å². The van der Waals surface area contributed by atoms with Crippen molar-refractivity contribution in [3.05, 3.63) is 0 Å². The fourth-order valence-corrected chi connectivity index (χ4v) is 4.96. The summed E-state index contributed by atoms with van der Waals surface area (Å²) in [6.07, 6.45) is 8.73. The molecule has 0 amide bonds. The maximum Gasteiger partial charge on any atom is 0.00106 e. The average molecular weight is 338 g/mol. The van der Waals surface area contributed by atoms with Gasteiger partial charge in [-0.15, -0.1) is 0 Å². The average Bonchev–Trinajstić information content (AvgIpc) is 2.65. The van der Waals surface area contributed by atoms with Gasteiger partial charge >= 0.3 is 0 Å². The Morgan fingerprint density at radius 1 is 0.667 bits per heavy atom. The normalized spacial score (nSPS) is 27.0. The molecule has 0 aliphatic carbocycles. The summed E-state index contributed by atoms with van der Waals surface area (Å²) in [4.78, 5) is 7.91. The van der Waals surface area contributed by atoms with E-state index in [1.54, 1.807) is 0 Å². The third kappa shape index (κ3) is 6.00. The summed E-state index contributed by atoms with van der Waals surface area (Å²) in [7, 11) is 2.28. The van der Waals surface area contributed by atoms with E-state index >= 15 is 0 Å². The van der Waals surface area contributed by atoms with Gasteiger partial charge < -0.3 is 14.7 Å². The Morgan fingerprint density at radius 3 is 1.62 bits per heavy atom. The van der Waals surface area contributed by atoms with Crippen molar-refractivity contribution in [1.29, 1.82) is 0 Å². The van der Waals surface area contributed by atoms with E-state index in [1.165, 1.54) is 90.9 Å². The quantitative estimate of drug-likeness (QED) is 0.772. The van der Waals surface area contributed by atoms with Crippen LogP contribution in [0.2, 0.25) is 0 Å². The Kier molecular flexibility index (Phi) is 9.07. The second kappa shape index (κ2) is 10.8. The van der Waals surface area contributed by atoms with E-state index in [9.17, 15) is 0 Å². The molecule has 0 aromatic carbocycles. The number of hydrogen-bond acceptors (Lipinski definition) is 3. The van der Waals surface area contributed by atoms with Crippen LogP contribution in [-0.2, 0) is 0 Å². The molecule has 142 valence electrons. The predicted molar refractivity (Wildman–Crippen MR) is 106 cm³/mol. The molecule has 3 saturated heterocycles. The maximum atomic E-state index is 2.79. The van der Waals surface area contributed by atoms with Gasteiger partial charge in [-0.25, -0.2) is 0 Å². The van der Waals surface area contributed by atoms with E-state index in [2.05, 4.69) is 28.7 Å². The second-order valence-corrected chi connectivity index (χ2v) is 8.16. The zero-order valence-electron chi connectivity index (χ0n) is 17.0. The molecular weight excluding hydrogens is 294 g/mol. The van der Waals surface area contributed by atoms with E-state index in [1.807, 2.05) is 13.8 Å². The van der Waals surface area contributed by atoms with E-state index < -0.39 is 0 Å². The minimum Gasteiger partial charge on any atom is -0.306 e. The smallest absolute Gasteiger partial charge is 0.00106 e. The van der Waals surface area contributed by atoms with Gasteiger partial charge in [0, 0.05) is 6.54 Å². The summed E-state index contributed by atoms with van der Waals surface area (Å²) in [5.41, 5.74) is 0. The molecule has 0 aromatic rings. The van der Waals surface area contributed by atoms with Crippen LogP contribution in [-0.4, -0.2) is 74.1 Å². The van der Waals surface area contributed by atoms with E-state index in [-0.39, 0.29) is 0 Å². The molecule has 3 aliphatic rings. The van der Waals surface area contributed by atoms with Crippen LogP contribution in [0.25, 0.3) is 0 Å². The molecule has 0 saturated carbocycles. The predicted octanol–water partition coefficient (Wildman–Crippen LogP) is 3.80. The van der Waals surface area contributed by atoms with Crippen molar-refractivity contribution >= 4 is 0 Å². The molecule has 0 unspecified atom stereocenters. The van der Waals surface area contributed by atoms with Gasteiger partial charge in [-0.3, -0.25) is 0 Å². The van der Waals surface area contributed by atoms with Crippen LogP contribution in [0.15, 0.2) is 0 Å². The molecule has 0 spiro atoms. The number of piperidine rings is 3. The fraction of sp³-hybridized carbons (Fsp3) is 1.00. The first kappa shape index (κ1) is 20.2. The summed E-state index contributed by atoms with van der Waals surface area (Å²) >= 11 is 0. The molecule has 3 heteroatoms. The summed E-state index contributed by atoms with van der Waals surface area (Å²) < 4.78 is 0. The third-order valence-corrected chi connectivity index (χ3v) is 6.73. The summed E-state index contributed by atoms with van der Waals surface area (Å²) in [6.45, 7) is 17.0. The van der Waals surface area contributed by atoms with Gasteiger partial charge in [-0.05, 0) is 109 Å². The highest BCUT2D eigenvalue weighted by Gasteiger charge is 2.29. The van der Waals surface area contributed by atoms with Gasteiger partial charge in [0.15, 0.2) is 0 Å². The van der Waals surface area contributed by atoms with Crippen molar-refractivity contribution in [2.24, 2.45) is 17.8 Å². The fourth-order valence-electron chi connectivity index (χ4n) is 4.96. The first-order chi connectivity index (χ1) is 11.7. The molecule has 0 N–H and O–H groups in total. The summed E-state index contributed by atoms with van der Waals surface area (Å²) in [5.74, 6) is 3.04. The highest BCUT2D eigenvalue weighted by molar-refractivity contribution is 4.83. The molecule has 0 aromatic heterocycles. The van der Waals surface area contributed by atoms with Crippen molar-refractivity contribution < 1.29 is 0 Å². The van der Waals surface area contributed by atoms with Gasteiger partial charge in [0.2, 0.25) is 0 Å². The molecule has 3 rings (SSSR count). The van der Waals surface area contributed by atoms with Crippen molar-refractivity contribution in [3.63, 3.8) is 0 Å². The van der Waals surface area contributed by atoms with Crippen molar-refractivity contribution in [3.8, 4) is 0 Å². The molecular formula is C21H43N3. The van der Waals surface area contributed by atoms with Gasteiger partial charge in [-0.1, -0.05) is 20.8 Å². The number of nitrogens with zero attached hydrogens (tertiary/aromatic N) is 3. The van der Waals surface area contributed by atoms with Gasteiger partial charge in [-0.2, -0.15) is 0 Å². The summed E-state index contributed by atoms with van der Waals surface area (Å²) in [6, 6.07) is 0. The topological polar surface area (TPSA) is 9.72 Å². The highest BCUT2D eigenvalue weighted by Crippen LogP contribution is 2.32. The molecule has 3 heterocycles. The van der Waals surface area contributed by atoms with E-state index in [0.717, 1.165) is 17.8 Å². The Bertz CT molecular complexity index is 309.